The number of fused-ring (bicyclic) bond motifs is 3. The van der Waals surface area contributed by atoms with Gasteiger partial charge in [0.25, 0.3) is 5.91 Å². The van der Waals surface area contributed by atoms with Crippen molar-refractivity contribution >= 4 is 67.2 Å². The zero-order valence-corrected chi connectivity index (χ0v) is 46.4. The van der Waals surface area contributed by atoms with Crippen LogP contribution in [0.1, 0.15) is 133 Å². The highest BCUT2D eigenvalue weighted by molar-refractivity contribution is 7.22. The van der Waals surface area contributed by atoms with E-state index >= 15 is 0 Å². The third-order valence-electron chi connectivity index (χ3n) is 16.3. The van der Waals surface area contributed by atoms with Gasteiger partial charge in [0.2, 0.25) is 11.8 Å². The molecule has 15 nitrogen and oxygen atoms in total. The molecule has 4 aliphatic rings. The second-order valence-electron chi connectivity index (χ2n) is 22.8. The lowest BCUT2D eigenvalue weighted by Gasteiger charge is -2.34. The summed E-state index contributed by atoms with van der Waals surface area (Å²) in [6.07, 6.45) is 9.81. The minimum Gasteiger partial charge on any atom is -0.490 e. The van der Waals surface area contributed by atoms with Gasteiger partial charge in [0.15, 0.2) is 10.8 Å². The molecule has 7 aromatic rings. The minimum atomic E-state index is -0.729. The van der Waals surface area contributed by atoms with E-state index in [4.69, 9.17) is 19.4 Å². The Kier molecular flexibility index (Phi) is 15.5. The van der Waals surface area contributed by atoms with Crippen LogP contribution in [0.25, 0.3) is 32.4 Å². The van der Waals surface area contributed by atoms with E-state index in [1.807, 2.05) is 99.6 Å². The van der Waals surface area contributed by atoms with Gasteiger partial charge < -0.3 is 23.8 Å². The molecule has 0 spiro atoms. The zero-order chi connectivity index (χ0) is 54.1. The number of para-hydroxylation sites is 1. The Balaban J connectivity index is 0.665. The van der Waals surface area contributed by atoms with E-state index in [-0.39, 0.29) is 35.4 Å². The summed E-state index contributed by atoms with van der Waals surface area (Å²) in [7, 11) is 2.07. The smallest absolute Gasteiger partial charge is 0.358 e. The predicted octanol–water partition coefficient (Wildman–Crippen LogP) is 10.8. The number of esters is 1. The Morgan fingerprint density at radius 1 is 0.795 bits per heavy atom. The van der Waals surface area contributed by atoms with Gasteiger partial charge in [0.05, 0.1) is 39.8 Å². The van der Waals surface area contributed by atoms with Crippen molar-refractivity contribution in [3.05, 3.63) is 130 Å². The molecular formula is C62H71N9O6S. The molecule has 2 N–H and O–H groups in total. The van der Waals surface area contributed by atoms with E-state index in [0.717, 1.165) is 132 Å². The Morgan fingerprint density at radius 3 is 2.38 bits per heavy atom. The molecule has 1 saturated carbocycles. The predicted molar refractivity (Wildman–Crippen MR) is 306 cm³/mol. The number of thiazole rings is 1. The van der Waals surface area contributed by atoms with Crippen LogP contribution >= 0.6 is 11.3 Å². The van der Waals surface area contributed by atoms with E-state index in [1.165, 1.54) is 30.6 Å². The number of piperidine rings is 1. The number of aromatic nitrogens is 4. The average molecular weight is 1070 g/mol. The van der Waals surface area contributed by atoms with Gasteiger partial charge in [-0.25, -0.2) is 19.7 Å². The molecule has 0 bridgehead atoms. The maximum absolute atomic E-state index is 14.1. The summed E-state index contributed by atoms with van der Waals surface area (Å²) < 4.78 is 16.0. The van der Waals surface area contributed by atoms with Crippen LogP contribution in [0, 0.1) is 12.8 Å². The zero-order valence-electron chi connectivity index (χ0n) is 45.6. The molecule has 3 fully saturated rings. The molecule has 3 aliphatic heterocycles. The normalized spacial score (nSPS) is 19.4. The summed E-state index contributed by atoms with van der Waals surface area (Å²) in [5.41, 5.74) is 8.42. The van der Waals surface area contributed by atoms with Crippen LogP contribution in [0.4, 0.5) is 10.9 Å². The SMILES string of the molecule is Cc1c(OC2CCC(CCCCN3CCN(Cc4nc5cc(C6CCC(=O)NC6=O)ccc5n4C)CC3)CC2)cccc1-c1ccc(N2CCc3cccc(C(=O)Nc4nc5ccccc5s4)c3C2)nc1C(=O)OC(C)(C)C. The summed E-state index contributed by atoms with van der Waals surface area (Å²) in [5.74, 6) is 1.79. The van der Waals surface area contributed by atoms with Crippen molar-refractivity contribution in [1.29, 1.82) is 0 Å². The lowest BCUT2D eigenvalue weighted by atomic mass is 9.84. The van der Waals surface area contributed by atoms with Gasteiger partial charge in [0.1, 0.15) is 23.0 Å². The fourth-order valence-corrected chi connectivity index (χ4v) is 12.8. The largest absolute Gasteiger partial charge is 0.490 e. The van der Waals surface area contributed by atoms with Crippen molar-refractivity contribution in [2.24, 2.45) is 13.0 Å². The van der Waals surface area contributed by atoms with Crippen LogP contribution in [0.15, 0.2) is 91.0 Å². The highest BCUT2D eigenvalue weighted by Crippen LogP contribution is 2.38. The topological polar surface area (TPSA) is 164 Å². The monoisotopic (exact) mass is 1070 g/mol. The van der Waals surface area contributed by atoms with Crippen LogP contribution in [-0.4, -0.2) is 104 Å². The van der Waals surface area contributed by atoms with Gasteiger partial charge in [-0.2, -0.15) is 0 Å². The summed E-state index contributed by atoms with van der Waals surface area (Å²) in [6.45, 7) is 14.9. The van der Waals surface area contributed by atoms with E-state index in [1.54, 1.807) is 0 Å². The fraction of sp³-hybridized carbons (Fsp3) is 0.435. The Hall–Kier alpha value is -7.01. The Morgan fingerprint density at radius 2 is 1.59 bits per heavy atom. The summed E-state index contributed by atoms with van der Waals surface area (Å²) >= 11 is 1.45. The molecule has 3 amide bonds. The number of carbonyl (C=O) groups excluding carboxylic acids is 4. The molecular weight excluding hydrogens is 999 g/mol. The van der Waals surface area contributed by atoms with E-state index in [9.17, 15) is 19.2 Å². The molecule has 1 aliphatic carbocycles. The van der Waals surface area contributed by atoms with E-state index in [2.05, 4.69) is 61.0 Å². The van der Waals surface area contributed by atoms with Crippen molar-refractivity contribution in [2.75, 3.05) is 49.5 Å². The molecule has 11 rings (SSSR count). The molecule has 78 heavy (non-hydrogen) atoms. The molecule has 1 atom stereocenters. The number of aryl methyl sites for hydroxylation is 1. The number of hydrogen-bond acceptors (Lipinski definition) is 13. The van der Waals surface area contributed by atoms with Crippen molar-refractivity contribution in [3.63, 3.8) is 0 Å². The van der Waals surface area contributed by atoms with Crippen LogP contribution in [0.2, 0.25) is 0 Å². The molecule has 16 heteroatoms. The molecule has 4 aromatic carbocycles. The van der Waals surface area contributed by atoms with Crippen LogP contribution in [-0.2, 0) is 40.9 Å². The number of hydrogen-bond donors (Lipinski definition) is 2. The van der Waals surface area contributed by atoms with E-state index in [0.29, 0.717) is 53.9 Å². The molecule has 3 aromatic heterocycles. The lowest BCUT2D eigenvalue weighted by molar-refractivity contribution is -0.134. The second kappa shape index (κ2) is 22.8. The van der Waals surface area contributed by atoms with E-state index < -0.39 is 11.6 Å². The molecule has 2 saturated heterocycles. The number of imidazole rings is 1. The van der Waals surface area contributed by atoms with Gasteiger partial charge >= 0.3 is 5.97 Å². The quantitative estimate of drug-likeness (QED) is 0.0568. The van der Waals surface area contributed by atoms with Crippen LogP contribution in [0.5, 0.6) is 5.75 Å². The number of rotatable bonds is 15. The van der Waals surface area contributed by atoms with Crippen molar-refractivity contribution in [3.8, 4) is 16.9 Å². The minimum absolute atomic E-state index is 0.131. The van der Waals surface area contributed by atoms with Crippen LogP contribution < -0.4 is 20.3 Å². The number of nitrogens with one attached hydrogen (secondary N) is 2. The van der Waals surface area contributed by atoms with Gasteiger partial charge in [-0.05, 0) is 161 Å². The first-order valence-electron chi connectivity index (χ1n) is 28.0. The molecule has 406 valence electrons. The first-order chi connectivity index (χ1) is 37.7. The third kappa shape index (κ3) is 11.9. The van der Waals surface area contributed by atoms with Crippen LogP contribution in [0.3, 0.4) is 0 Å². The number of unbranched alkanes of at least 4 members (excludes halogenated alkanes) is 1. The number of ether oxygens (including phenoxy) is 2. The van der Waals surface area contributed by atoms with Gasteiger partial charge in [-0.15, -0.1) is 0 Å². The van der Waals surface area contributed by atoms with Crippen molar-refractivity contribution in [1.82, 2.24) is 34.6 Å². The molecule has 6 heterocycles. The number of imide groups is 1. The van der Waals surface area contributed by atoms with Gasteiger partial charge in [-0.1, -0.05) is 66.6 Å². The number of benzene rings is 4. The maximum atomic E-state index is 14.1. The Bertz CT molecular complexity index is 3350. The highest BCUT2D eigenvalue weighted by Gasteiger charge is 2.31. The number of pyridine rings is 1. The average Bonchev–Trinajstić information content (AvgIpc) is 4.10. The molecule has 1 unspecified atom stereocenters. The lowest BCUT2D eigenvalue weighted by Crippen LogP contribution is -2.46. The highest BCUT2D eigenvalue weighted by atomic mass is 32.1. The number of carbonyl (C=O) groups is 4. The summed E-state index contributed by atoms with van der Waals surface area (Å²) in [6, 6.07) is 29.8. The standard InChI is InChI=1S/C62H71N9O6S/c1-39-44(46-24-27-54(65-57(46)60(75)77-62(2,3)4)71-31-29-41-13-10-15-47(48(41)37-71)59(74)67-61-64-49-16-6-7-18-53(49)78-61)14-11-17-52(39)76-43-22-19-40(20-23-43)12-8-9-30-69-32-34-70(35-33-69)38-55-63-50-36-42(21-26-51(50)68(55)5)45-25-28-56(72)66-58(45)73/h6-7,10-11,13-18,21,24,26-27,36,40,43,45H,8-9,12,19-20,22-23,25,28-35,37-38H2,1-5H3,(H,64,67,74)(H,66,72,73). The van der Waals surface area contributed by atoms with Crippen molar-refractivity contribution < 1.29 is 28.7 Å². The first-order valence-corrected chi connectivity index (χ1v) is 28.8. The fourth-order valence-electron chi connectivity index (χ4n) is 11.9. The Labute approximate surface area is 460 Å². The maximum Gasteiger partial charge on any atom is 0.358 e. The van der Waals surface area contributed by atoms with Gasteiger partial charge in [-0.3, -0.25) is 29.9 Å². The molecule has 0 radical (unpaired) electrons. The summed E-state index contributed by atoms with van der Waals surface area (Å²) in [4.78, 5) is 74.1. The first kappa shape index (κ1) is 53.0. The van der Waals surface area contributed by atoms with Gasteiger partial charge in [0, 0.05) is 63.9 Å². The third-order valence-corrected chi connectivity index (χ3v) is 17.2. The number of nitrogens with zero attached hydrogens (tertiary/aromatic N) is 7. The second-order valence-corrected chi connectivity index (χ2v) is 23.8. The van der Waals surface area contributed by atoms with Crippen molar-refractivity contribution in [2.45, 2.75) is 123 Å². The number of anilines is 2. The summed E-state index contributed by atoms with van der Waals surface area (Å²) in [5, 5.41) is 6.09. The number of amides is 3. The number of piperazine rings is 1.